The Morgan fingerprint density at radius 1 is 1.03 bits per heavy atom. The number of amides is 1. The first-order valence-electron chi connectivity index (χ1n) is 9.13. The predicted octanol–water partition coefficient (Wildman–Crippen LogP) is 5.16. The number of fused-ring (bicyclic) bond motifs is 1. The van der Waals surface area contributed by atoms with Gasteiger partial charge in [-0.1, -0.05) is 47.2 Å². The van der Waals surface area contributed by atoms with Gasteiger partial charge in [-0.05, 0) is 61.4 Å². The maximum Gasteiger partial charge on any atom is 0.396 e. The van der Waals surface area contributed by atoms with Gasteiger partial charge in [0.2, 0.25) is 0 Å². The molecular weight excluding hydrogens is 458 g/mol. The Balaban J connectivity index is 1.98. The summed E-state index contributed by atoms with van der Waals surface area (Å²) < 4.78 is 33.7. The zero-order valence-electron chi connectivity index (χ0n) is 16.5. The number of carbonyl (C=O) groups is 1. The maximum atomic E-state index is 13.8. The van der Waals surface area contributed by atoms with E-state index >= 15 is 0 Å². The molecule has 31 heavy (non-hydrogen) atoms. The Hall–Kier alpha value is -2.94. The molecule has 6 nitrogen and oxygen atoms in total. The summed E-state index contributed by atoms with van der Waals surface area (Å²) in [7, 11) is -4.31. The lowest BCUT2D eigenvalue weighted by Crippen LogP contribution is -2.37. The highest BCUT2D eigenvalue weighted by atomic mass is 35.5. The zero-order valence-corrected chi connectivity index (χ0v) is 18.8. The van der Waals surface area contributed by atoms with Crippen molar-refractivity contribution < 1.29 is 17.6 Å². The summed E-state index contributed by atoms with van der Waals surface area (Å²) in [6, 6.07) is 15.6. The molecule has 9 heteroatoms. The lowest BCUT2D eigenvalue weighted by Gasteiger charge is -2.24. The van der Waals surface area contributed by atoms with Gasteiger partial charge in [-0.15, -0.1) is 0 Å². The molecule has 1 aromatic heterocycles. The molecule has 0 saturated carbocycles. The zero-order chi connectivity index (χ0) is 22.3. The Morgan fingerprint density at radius 2 is 1.77 bits per heavy atom. The van der Waals surface area contributed by atoms with Gasteiger partial charge in [-0.2, -0.15) is 4.31 Å². The SMILES string of the molecule is Cc1ccc(C)c(S(=O)(=O)N(C(=O)c2ccccc2Cl)c2ccc3oc(=O)sc3c2)c1. The van der Waals surface area contributed by atoms with E-state index in [1.54, 1.807) is 38.1 Å². The average molecular weight is 474 g/mol. The number of rotatable bonds is 4. The van der Waals surface area contributed by atoms with Crippen LogP contribution in [0.15, 0.2) is 74.8 Å². The molecule has 4 rings (SSSR count). The second-order valence-corrected chi connectivity index (χ2v) is 10.0. The molecule has 4 aromatic rings. The van der Waals surface area contributed by atoms with Crippen LogP contribution >= 0.6 is 22.9 Å². The van der Waals surface area contributed by atoms with Crippen LogP contribution in [-0.4, -0.2) is 14.3 Å². The molecule has 0 aliphatic heterocycles. The third kappa shape index (κ3) is 3.89. The molecule has 0 aliphatic rings. The third-order valence-electron chi connectivity index (χ3n) is 4.70. The van der Waals surface area contributed by atoms with Gasteiger partial charge in [-0.25, -0.2) is 13.2 Å². The molecule has 0 N–H and O–H groups in total. The number of aryl methyl sites for hydroxylation is 2. The Kier molecular flexibility index (Phi) is 5.47. The van der Waals surface area contributed by atoms with Crippen molar-refractivity contribution >= 4 is 54.8 Å². The number of benzene rings is 3. The van der Waals surface area contributed by atoms with Gasteiger partial charge >= 0.3 is 4.94 Å². The summed E-state index contributed by atoms with van der Waals surface area (Å²) in [6.45, 7) is 3.43. The third-order valence-corrected chi connectivity index (χ3v) is 7.67. The van der Waals surface area contributed by atoms with Crippen LogP contribution in [0, 0.1) is 13.8 Å². The number of sulfonamides is 1. The van der Waals surface area contributed by atoms with Crippen molar-refractivity contribution in [1.82, 2.24) is 0 Å². The maximum absolute atomic E-state index is 13.8. The lowest BCUT2D eigenvalue weighted by atomic mass is 10.2. The fraction of sp³-hybridized carbons (Fsp3) is 0.0909. The summed E-state index contributed by atoms with van der Waals surface area (Å²) >= 11 is 7.03. The Morgan fingerprint density at radius 3 is 2.52 bits per heavy atom. The Labute approximate surface area is 187 Å². The molecule has 0 unspecified atom stereocenters. The molecule has 0 atom stereocenters. The topological polar surface area (TPSA) is 84.7 Å². The molecule has 0 bridgehead atoms. The standard InChI is InChI=1S/C22H16ClNO5S2/c1-13-7-8-14(2)20(11-13)31(27,28)24(21(25)16-5-3-4-6-17(16)23)15-9-10-18-19(12-15)30-22(26)29-18/h3-12H,1-2H3. The van der Waals surface area contributed by atoms with E-state index in [1.165, 1.54) is 36.4 Å². The minimum atomic E-state index is -4.31. The van der Waals surface area contributed by atoms with Crippen LogP contribution < -0.4 is 9.24 Å². The van der Waals surface area contributed by atoms with Crippen molar-refractivity contribution in [3.8, 4) is 0 Å². The van der Waals surface area contributed by atoms with Crippen molar-refractivity contribution in [2.45, 2.75) is 18.7 Å². The van der Waals surface area contributed by atoms with Crippen molar-refractivity contribution in [1.29, 1.82) is 0 Å². The molecular formula is C22H16ClNO5S2. The number of nitrogens with zero attached hydrogens (tertiary/aromatic N) is 1. The van der Waals surface area contributed by atoms with Gasteiger partial charge in [0, 0.05) is 0 Å². The fourth-order valence-corrected chi connectivity index (χ4v) is 5.81. The normalized spacial score (nSPS) is 11.6. The second kappa shape index (κ2) is 7.96. The highest BCUT2D eigenvalue weighted by Crippen LogP contribution is 2.32. The van der Waals surface area contributed by atoms with E-state index in [0.717, 1.165) is 21.2 Å². The first kappa shape index (κ1) is 21.3. The summed E-state index contributed by atoms with van der Waals surface area (Å²) in [6.07, 6.45) is 0. The van der Waals surface area contributed by atoms with E-state index in [9.17, 15) is 18.0 Å². The van der Waals surface area contributed by atoms with Gasteiger partial charge in [0.15, 0.2) is 0 Å². The molecule has 0 fully saturated rings. The molecule has 0 spiro atoms. The van der Waals surface area contributed by atoms with Crippen LogP contribution in [0.2, 0.25) is 5.02 Å². The largest absolute Gasteiger partial charge is 0.414 e. The van der Waals surface area contributed by atoms with Gasteiger partial charge in [0.1, 0.15) is 5.58 Å². The van der Waals surface area contributed by atoms with E-state index in [4.69, 9.17) is 16.0 Å². The van der Waals surface area contributed by atoms with Crippen LogP contribution in [-0.2, 0) is 10.0 Å². The highest BCUT2D eigenvalue weighted by Gasteiger charge is 2.34. The minimum absolute atomic E-state index is 0.00776. The van der Waals surface area contributed by atoms with Gasteiger partial charge in [0.25, 0.3) is 15.9 Å². The van der Waals surface area contributed by atoms with Crippen LogP contribution in [0.1, 0.15) is 21.5 Å². The van der Waals surface area contributed by atoms with Gasteiger partial charge in [-0.3, -0.25) is 4.79 Å². The molecule has 158 valence electrons. The monoisotopic (exact) mass is 473 g/mol. The van der Waals surface area contributed by atoms with Crippen molar-refractivity contribution in [2.75, 3.05) is 4.31 Å². The Bertz CT molecular complexity index is 1490. The molecule has 3 aromatic carbocycles. The molecule has 0 radical (unpaired) electrons. The molecule has 0 saturated heterocycles. The van der Waals surface area contributed by atoms with E-state index in [0.29, 0.717) is 15.8 Å². The average Bonchev–Trinajstić information content (AvgIpc) is 3.09. The van der Waals surface area contributed by atoms with E-state index in [-0.39, 0.29) is 21.2 Å². The van der Waals surface area contributed by atoms with Crippen LogP contribution in [0.5, 0.6) is 0 Å². The minimum Gasteiger partial charge on any atom is -0.414 e. The molecule has 1 heterocycles. The number of hydrogen-bond donors (Lipinski definition) is 0. The number of halogens is 1. The first-order chi connectivity index (χ1) is 14.7. The van der Waals surface area contributed by atoms with Crippen molar-refractivity contribution in [3.05, 3.63) is 92.1 Å². The number of anilines is 1. The van der Waals surface area contributed by atoms with Crippen LogP contribution in [0.3, 0.4) is 0 Å². The summed E-state index contributed by atoms with van der Waals surface area (Å²) in [5, 5.41) is 0.128. The van der Waals surface area contributed by atoms with Crippen molar-refractivity contribution in [3.63, 3.8) is 0 Å². The number of hydrogen-bond acceptors (Lipinski definition) is 6. The van der Waals surface area contributed by atoms with Crippen LogP contribution in [0.4, 0.5) is 5.69 Å². The fourth-order valence-electron chi connectivity index (χ4n) is 3.18. The smallest absolute Gasteiger partial charge is 0.396 e. The first-order valence-corrected chi connectivity index (χ1v) is 11.8. The summed E-state index contributed by atoms with van der Waals surface area (Å²) in [4.78, 5) is 24.6. The summed E-state index contributed by atoms with van der Waals surface area (Å²) in [5.74, 6) is -0.804. The molecule has 1 amide bonds. The van der Waals surface area contributed by atoms with Gasteiger partial charge in [0.05, 0.1) is 25.9 Å². The van der Waals surface area contributed by atoms with Crippen LogP contribution in [0.25, 0.3) is 10.3 Å². The van der Waals surface area contributed by atoms with Gasteiger partial charge < -0.3 is 4.42 Å². The lowest BCUT2D eigenvalue weighted by molar-refractivity contribution is 0.101. The predicted molar refractivity (Wildman–Crippen MR) is 122 cm³/mol. The quantitative estimate of drug-likeness (QED) is 0.408. The molecule has 0 aliphatic carbocycles. The number of carbonyl (C=O) groups excluding carboxylic acids is 1. The second-order valence-electron chi connectivity index (χ2n) is 6.91. The summed E-state index contributed by atoms with van der Waals surface area (Å²) in [5.41, 5.74) is 1.66. The van der Waals surface area contributed by atoms with E-state index < -0.39 is 20.9 Å². The van der Waals surface area contributed by atoms with E-state index in [1.807, 2.05) is 0 Å². The van der Waals surface area contributed by atoms with Crippen molar-refractivity contribution in [2.24, 2.45) is 0 Å². The van der Waals surface area contributed by atoms with E-state index in [2.05, 4.69) is 0 Å². The highest BCUT2D eigenvalue weighted by molar-refractivity contribution is 7.93.